The second-order valence-electron chi connectivity index (χ2n) is 5.24. The largest absolute Gasteiger partial charge is 0.396 e. The Kier molecular flexibility index (Phi) is 7.87. The molecule has 1 aliphatic rings. The van der Waals surface area contributed by atoms with Gasteiger partial charge in [-0.15, -0.1) is 0 Å². The quantitative estimate of drug-likeness (QED) is 0.517. The van der Waals surface area contributed by atoms with Gasteiger partial charge in [-0.05, 0) is 44.6 Å². The normalized spacial score (nSPS) is 26.6. The fourth-order valence-corrected chi connectivity index (χ4v) is 2.82. The molecule has 2 N–H and O–H groups in total. The summed E-state index contributed by atoms with van der Waals surface area (Å²) < 4.78 is 0. The van der Waals surface area contributed by atoms with Gasteiger partial charge in [0.1, 0.15) is 0 Å². The molecule has 1 saturated carbocycles. The van der Waals surface area contributed by atoms with Crippen molar-refractivity contribution in [2.75, 3.05) is 13.2 Å². The first-order chi connectivity index (χ1) is 7.86. The summed E-state index contributed by atoms with van der Waals surface area (Å²) in [6.45, 7) is 3.73. The van der Waals surface area contributed by atoms with Crippen LogP contribution < -0.4 is 5.32 Å². The van der Waals surface area contributed by atoms with Crippen LogP contribution in [0.1, 0.15) is 64.7 Å². The molecule has 1 rings (SSSR count). The van der Waals surface area contributed by atoms with Gasteiger partial charge in [0.25, 0.3) is 0 Å². The summed E-state index contributed by atoms with van der Waals surface area (Å²) in [5.41, 5.74) is 0. The van der Waals surface area contributed by atoms with Gasteiger partial charge in [0.2, 0.25) is 0 Å². The number of hydrogen-bond acceptors (Lipinski definition) is 2. The van der Waals surface area contributed by atoms with Gasteiger partial charge in [0.05, 0.1) is 0 Å². The summed E-state index contributed by atoms with van der Waals surface area (Å²) in [6.07, 6.45) is 11.8. The summed E-state index contributed by atoms with van der Waals surface area (Å²) in [5.74, 6) is 0.995. The molecule has 0 spiro atoms. The number of aliphatic hydroxyl groups excluding tert-OH is 1. The average Bonchev–Trinajstić information content (AvgIpc) is 2.51. The third-order valence-electron chi connectivity index (χ3n) is 3.80. The first kappa shape index (κ1) is 14.0. The molecule has 96 valence electrons. The molecule has 2 unspecified atom stereocenters. The van der Waals surface area contributed by atoms with E-state index in [1.54, 1.807) is 0 Å². The lowest BCUT2D eigenvalue weighted by atomic mass is 9.95. The summed E-state index contributed by atoms with van der Waals surface area (Å²) >= 11 is 0. The number of aliphatic hydroxyl groups is 1. The van der Waals surface area contributed by atoms with Gasteiger partial charge in [0.15, 0.2) is 0 Å². The van der Waals surface area contributed by atoms with Crippen molar-refractivity contribution in [3.05, 3.63) is 0 Å². The predicted molar refractivity (Wildman–Crippen MR) is 69.6 cm³/mol. The highest BCUT2D eigenvalue weighted by atomic mass is 16.2. The Morgan fingerprint density at radius 2 is 2.00 bits per heavy atom. The zero-order valence-corrected chi connectivity index (χ0v) is 10.9. The Labute approximate surface area is 101 Å². The first-order valence-corrected chi connectivity index (χ1v) is 7.21. The molecule has 0 aromatic heterocycles. The van der Waals surface area contributed by atoms with E-state index in [2.05, 4.69) is 12.2 Å². The van der Waals surface area contributed by atoms with Gasteiger partial charge in [-0.3, -0.25) is 0 Å². The van der Waals surface area contributed by atoms with Crippen molar-refractivity contribution in [2.24, 2.45) is 5.92 Å². The highest BCUT2D eigenvalue weighted by Crippen LogP contribution is 2.26. The molecule has 0 radical (unpaired) electrons. The first-order valence-electron chi connectivity index (χ1n) is 7.21. The van der Waals surface area contributed by atoms with Crippen LogP contribution in [0.25, 0.3) is 0 Å². The number of unbranched alkanes of at least 4 members (excludes halogenated alkanes) is 1. The molecule has 2 heteroatoms. The molecule has 0 aromatic rings. The number of hydrogen-bond donors (Lipinski definition) is 2. The van der Waals surface area contributed by atoms with E-state index in [1.807, 2.05) is 0 Å². The van der Waals surface area contributed by atoms with Gasteiger partial charge >= 0.3 is 0 Å². The molecule has 16 heavy (non-hydrogen) atoms. The van der Waals surface area contributed by atoms with Crippen LogP contribution in [0.2, 0.25) is 0 Å². The van der Waals surface area contributed by atoms with E-state index in [0.29, 0.717) is 6.61 Å². The summed E-state index contributed by atoms with van der Waals surface area (Å²) in [4.78, 5) is 0. The van der Waals surface area contributed by atoms with E-state index in [1.165, 1.54) is 44.9 Å². The monoisotopic (exact) mass is 227 g/mol. The Morgan fingerprint density at radius 1 is 1.12 bits per heavy atom. The van der Waals surface area contributed by atoms with Gasteiger partial charge in [-0.25, -0.2) is 0 Å². The van der Waals surface area contributed by atoms with Crippen LogP contribution in [0.3, 0.4) is 0 Å². The van der Waals surface area contributed by atoms with Gasteiger partial charge in [0, 0.05) is 12.6 Å². The van der Waals surface area contributed by atoms with Crippen molar-refractivity contribution >= 4 is 0 Å². The van der Waals surface area contributed by atoms with E-state index >= 15 is 0 Å². The lowest BCUT2D eigenvalue weighted by Gasteiger charge is -2.16. The zero-order chi connectivity index (χ0) is 11.6. The topological polar surface area (TPSA) is 32.3 Å². The van der Waals surface area contributed by atoms with Crippen LogP contribution in [0, 0.1) is 5.92 Å². The minimum absolute atomic E-state index is 0.338. The van der Waals surface area contributed by atoms with Crippen LogP contribution in [-0.2, 0) is 0 Å². The summed E-state index contributed by atoms with van der Waals surface area (Å²) in [5, 5.41) is 12.4. The van der Waals surface area contributed by atoms with Crippen molar-refractivity contribution in [3.8, 4) is 0 Å². The maximum Gasteiger partial charge on any atom is 0.0431 e. The molecule has 0 heterocycles. The van der Waals surface area contributed by atoms with Crippen LogP contribution in [0.15, 0.2) is 0 Å². The van der Waals surface area contributed by atoms with Crippen molar-refractivity contribution in [3.63, 3.8) is 0 Å². The van der Waals surface area contributed by atoms with Crippen molar-refractivity contribution in [1.29, 1.82) is 0 Å². The van der Waals surface area contributed by atoms with Crippen LogP contribution in [-0.4, -0.2) is 24.3 Å². The molecule has 2 nitrogen and oxygen atoms in total. The highest BCUT2D eigenvalue weighted by Gasteiger charge is 2.17. The lowest BCUT2D eigenvalue weighted by molar-refractivity contribution is 0.282. The van der Waals surface area contributed by atoms with Gasteiger partial charge in [-0.1, -0.05) is 32.6 Å². The minimum atomic E-state index is 0.338. The maximum atomic E-state index is 8.71. The molecule has 1 fully saturated rings. The predicted octanol–water partition coefficient (Wildman–Crippen LogP) is 3.10. The summed E-state index contributed by atoms with van der Waals surface area (Å²) in [6, 6.07) is 0.751. The molecule has 1 aliphatic carbocycles. The smallest absolute Gasteiger partial charge is 0.0431 e. The molecular formula is C14H29NO. The van der Waals surface area contributed by atoms with Crippen molar-refractivity contribution < 1.29 is 5.11 Å². The second kappa shape index (κ2) is 9.00. The van der Waals surface area contributed by atoms with E-state index in [-0.39, 0.29) is 0 Å². The van der Waals surface area contributed by atoms with Crippen LogP contribution in [0.5, 0.6) is 0 Å². The molecule has 0 aliphatic heterocycles. The summed E-state index contributed by atoms with van der Waals surface area (Å²) in [7, 11) is 0. The van der Waals surface area contributed by atoms with Crippen molar-refractivity contribution in [2.45, 2.75) is 70.8 Å². The van der Waals surface area contributed by atoms with Crippen LogP contribution >= 0.6 is 0 Å². The fourth-order valence-electron chi connectivity index (χ4n) is 2.82. The molecular weight excluding hydrogens is 198 g/mol. The number of nitrogens with one attached hydrogen (secondary N) is 1. The lowest BCUT2D eigenvalue weighted by Crippen LogP contribution is -2.29. The molecule has 0 saturated heterocycles. The zero-order valence-electron chi connectivity index (χ0n) is 10.9. The maximum absolute atomic E-state index is 8.71. The Bertz CT molecular complexity index is 161. The number of rotatable bonds is 7. The average molecular weight is 227 g/mol. The molecule has 0 bridgehead atoms. The Morgan fingerprint density at radius 3 is 2.75 bits per heavy atom. The van der Waals surface area contributed by atoms with Gasteiger partial charge < -0.3 is 10.4 Å². The third-order valence-corrected chi connectivity index (χ3v) is 3.80. The van der Waals surface area contributed by atoms with Crippen LogP contribution in [0.4, 0.5) is 0 Å². The minimum Gasteiger partial charge on any atom is -0.396 e. The van der Waals surface area contributed by atoms with E-state index < -0.39 is 0 Å². The van der Waals surface area contributed by atoms with Gasteiger partial charge in [-0.2, -0.15) is 0 Å². The third kappa shape index (κ3) is 5.86. The second-order valence-corrected chi connectivity index (χ2v) is 5.24. The standard InChI is InChI=1S/C14H29NO/c1-2-6-13-7-5-8-14(10-9-13)15-11-3-4-12-16/h13-16H,2-12H2,1H3. The Balaban J connectivity index is 2.10. The Hall–Kier alpha value is -0.0800. The highest BCUT2D eigenvalue weighted by molar-refractivity contribution is 4.74. The SMILES string of the molecule is CCCC1CCCC(NCCCCO)CC1. The van der Waals surface area contributed by atoms with Crippen molar-refractivity contribution in [1.82, 2.24) is 5.32 Å². The molecule has 0 aromatic carbocycles. The molecule has 0 amide bonds. The van der Waals surface area contributed by atoms with E-state index in [4.69, 9.17) is 5.11 Å². The fraction of sp³-hybridized carbons (Fsp3) is 1.00. The van der Waals surface area contributed by atoms with E-state index in [0.717, 1.165) is 31.3 Å². The van der Waals surface area contributed by atoms with E-state index in [9.17, 15) is 0 Å². The molecule has 2 atom stereocenters.